The summed E-state index contributed by atoms with van der Waals surface area (Å²) in [6.07, 6.45) is 0. The summed E-state index contributed by atoms with van der Waals surface area (Å²) in [5.74, 6) is -0.305. The van der Waals surface area contributed by atoms with Crippen molar-refractivity contribution in [2.75, 3.05) is 6.61 Å². The SMILES string of the molecule is CCOC(=O)c1c(B2OC(C)(C)C(C)(C)O2)sc2ccsc12. The average molecular weight is 338 g/mol. The summed E-state index contributed by atoms with van der Waals surface area (Å²) in [6.45, 7) is 10.2. The molecule has 22 heavy (non-hydrogen) atoms. The fourth-order valence-corrected chi connectivity index (χ4v) is 4.66. The third kappa shape index (κ3) is 2.40. The third-order valence-corrected chi connectivity index (χ3v) is 6.51. The summed E-state index contributed by atoms with van der Waals surface area (Å²) in [5, 5.41) is 1.98. The standard InChI is InChI=1S/C15H19BO4S2/c1-6-18-13(17)10-11-9(7-8-21-11)22-12(10)16-19-14(2,3)15(4,5)20-16/h7-8H,6H2,1-5H3. The Balaban J connectivity index is 2.06. The van der Waals surface area contributed by atoms with Gasteiger partial charge in [-0.1, -0.05) is 0 Å². The molecule has 0 N–H and O–H groups in total. The normalized spacial score (nSPS) is 19.8. The minimum absolute atomic E-state index is 0.305. The maximum atomic E-state index is 12.4. The van der Waals surface area contributed by atoms with E-state index < -0.39 is 18.3 Å². The maximum Gasteiger partial charge on any atom is 0.506 e. The molecule has 2 aromatic heterocycles. The van der Waals surface area contributed by atoms with Crippen molar-refractivity contribution in [3.63, 3.8) is 0 Å². The van der Waals surface area contributed by atoms with Crippen LogP contribution in [-0.4, -0.2) is 30.9 Å². The van der Waals surface area contributed by atoms with E-state index in [1.54, 1.807) is 22.7 Å². The second kappa shape index (κ2) is 5.34. The topological polar surface area (TPSA) is 44.8 Å². The maximum absolute atomic E-state index is 12.4. The first kappa shape index (κ1) is 16.0. The summed E-state index contributed by atoms with van der Waals surface area (Å²) in [7, 11) is -0.533. The molecule has 0 bridgehead atoms. The molecule has 0 spiro atoms. The highest BCUT2D eigenvalue weighted by Gasteiger charge is 2.53. The molecule has 118 valence electrons. The van der Waals surface area contributed by atoms with Crippen LogP contribution in [-0.2, 0) is 14.0 Å². The first-order valence-electron chi connectivity index (χ1n) is 7.29. The molecule has 1 saturated heterocycles. The van der Waals surface area contributed by atoms with Crippen LogP contribution in [0.4, 0.5) is 0 Å². The van der Waals surface area contributed by atoms with Crippen LogP contribution in [0.15, 0.2) is 11.4 Å². The molecule has 3 heterocycles. The van der Waals surface area contributed by atoms with Gasteiger partial charge in [0.1, 0.15) is 0 Å². The first-order chi connectivity index (χ1) is 10.3. The van der Waals surface area contributed by atoms with Gasteiger partial charge in [0, 0.05) is 4.70 Å². The van der Waals surface area contributed by atoms with Crippen molar-refractivity contribution >= 4 is 49.9 Å². The van der Waals surface area contributed by atoms with Crippen molar-refractivity contribution in [1.29, 1.82) is 0 Å². The van der Waals surface area contributed by atoms with Gasteiger partial charge in [0.15, 0.2) is 0 Å². The Morgan fingerprint density at radius 2 is 1.91 bits per heavy atom. The molecule has 7 heteroatoms. The lowest BCUT2D eigenvalue weighted by molar-refractivity contribution is 0.00578. The molecule has 1 fully saturated rings. The summed E-state index contributed by atoms with van der Waals surface area (Å²) in [5.41, 5.74) is -0.266. The Kier molecular flexibility index (Phi) is 3.88. The van der Waals surface area contributed by atoms with Crippen molar-refractivity contribution in [3.8, 4) is 0 Å². The Hall–Kier alpha value is -0.885. The molecule has 0 atom stereocenters. The molecule has 0 aliphatic carbocycles. The lowest BCUT2D eigenvalue weighted by atomic mass is 9.84. The van der Waals surface area contributed by atoms with Gasteiger partial charge in [0.05, 0.1) is 32.8 Å². The van der Waals surface area contributed by atoms with E-state index in [-0.39, 0.29) is 5.97 Å². The zero-order chi connectivity index (χ0) is 16.1. The van der Waals surface area contributed by atoms with Gasteiger partial charge < -0.3 is 14.0 Å². The fraction of sp³-hybridized carbons (Fsp3) is 0.533. The molecule has 2 aromatic rings. The molecule has 0 aromatic carbocycles. The largest absolute Gasteiger partial charge is 0.506 e. The highest BCUT2D eigenvalue weighted by Crippen LogP contribution is 2.39. The molecule has 0 amide bonds. The summed E-state index contributed by atoms with van der Waals surface area (Å²) in [4.78, 5) is 12.4. The molecular formula is C15H19BO4S2. The number of hydrogen-bond acceptors (Lipinski definition) is 6. The van der Waals surface area contributed by atoms with Crippen LogP contribution in [0.5, 0.6) is 0 Å². The van der Waals surface area contributed by atoms with E-state index in [0.29, 0.717) is 12.2 Å². The number of carbonyl (C=O) groups excluding carboxylic acids is 1. The molecule has 0 saturated carbocycles. The lowest BCUT2D eigenvalue weighted by Crippen LogP contribution is -2.41. The number of ether oxygens (including phenoxy) is 1. The van der Waals surface area contributed by atoms with Crippen LogP contribution >= 0.6 is 22.7 Å². The molecule has 1 aliphatic rings. The minimum atomic E-state index is -0.533. The van der Waals surface area contributed by atoms with Crippen LogP contribution in [0.3, 0.4) is 0 Å². The molecular weight excluding hydrogens is 319 g/mol. The van der Waals surface area contributed by atoms with E-state index in [1.807, 2.05) is 46.1 Å². The van der Waals surface area contributed by atoms with Gasteiger partial charge in [-0.2, -0.15) is 0 Å². The zero-order valence-electron chi connectivity index (χ0n) is 13.4. The highest BCUT2D eigenvalue weighted by molar-refractivity contribution is 7.33. The van der Waals surface area contributed by atoms with Crippen molar-refractivity contribution in [1.82, 2.24) is 0 Å². The molecule has 0 radical (unpaired) electrons. The number of esters is 1. The van der Waals surface area contributed by atoms with Crippen LogP contribution in [0.2, 0.25) is 0 Å². The number of hydrogen-bond donors (Lipinski definition) is 0. The van der Waals surface area contributed by atoms with E-state index in [4.69, 9.17) is 14.0 Å². The monoisotopic (exact) mass is 338 g/mol. The average Bonchev–Trinajstić information content (AvgIpc) is 3.01. The molecule has 1 aliphatic heterocycles. The Bertz CT molecular complexity index is 700. The van der Waals surface area contributed by atoms with Crippen molar-refractivity contribution in [2.45, 2.75) is 45.8 Å². The smallest absolute Gasteiger partial charge is 0.462 e. The predicted octanol–water partition coefficient (Wildman–Crippen LogP) is 3.44. The second-order valence-corrected chi connectivity index (χ2v) is 8.26. The Morgan fingerprint density at radius 1 is 1.27 bits per heavy atom. The van der Waals surface area contributed by atoms with Crippen molar-refractivity contribution in [2.24, 2.45) is 0 Å². The number of carbonyl (C=O) groups is 1. The van der Waals surface area contributed by atoms with E-state index >= 15 is 0 Å². The first-order valence-corrected chi connectivity index (χ1v) is 8.99. The third-order valence-electron chi connectivity index (χ3n) is 4.27. The van der Waals surface area contributed by atoms with E-state index in [0.717, 1.165) is 14.2 Å². The van der Waals surface area contributed by atoms with Gasteiger partial charge in [0.25, 0.3) is 0 Å². The van der Waals surface area contributed by atoms with E-state index in [1.165, 1.54) is 0 Å². The van der Waals surface area contributed by atoms with E-state index in [9.17, 15) is 4.79 Å². The fourth-order valence-electron chi connectivity index (χ4n) is 2.35. The van der Waals surface area contributed by atoms with E-state index in [2.05, 4.69) is 0 Å². The van der Waals surface area contributed by atoms with Gasteiger partial charge in [-0.3, -0.25) is 0 Å². The van der Waals surface area contributed by atoms with Gasteiger partial charge in [-0.15, -0.1) is 22.7 Å². The van der Waals surface area contributed by atoms with Crippen LogP contribution < -0.4 is 4.78 Å². The zero-order valence-corrected chi connectivity index (χ0v) is 15.0. The van der Waals surface area contributed by atoms with Crippen LogP contribution in [0.25, 0.3) is 9.40 Å². The second-order valence-electron chi connectivity index (χ2n) is 6.26. The van der Waals surface area contributed by atoms with Crippen LogP contribution in [0, 0.1) is 0 Å². The van der Waals surface area contributed by atoms with Crippen molar-refractivity contribution < 1.29 is 18.8 Å². The summed E-state index contributed by atoms with van der Waals surface area (Å²) in [6, 6.07) is 2.02. The van der Waals surface area contributed by atoms with Crippen molar-refractivity contribution in [3.05, 3.63) is 17.0 Å². The molecule has 3 rings (SSSR count). The molecule has 4 nitrogen and oxygen atoms in total. The Morgan fingerprint density at radius 3 is 2.50 bits per heavy atom. The van der Waals surface area contributed by atoms with Gasteiger partial charge in [-0.05, 0) is 46.1 Å². The van der Waals surface area contributed by atoms with Gasteiger partial charge >= 0.3 is 13.1 Å². The summed E-state index contributed by atoms with van der Waals surface area (Å²) < 4.78 is 20.3. The lowest BCUT2D eigenvalue weighted by Gasteiger charge is -2.32. The summed E-state index contributed by atoms with van der Waals surface area (Å²) >= 11 is 3.09. The van der Waals surface area contributed by atoms with Gasteiger partial charge in [-0.25, -0.2) is 4.79 Å². The highest BCUT2D eigenvalue weighted by atomic mass is 32.1. The van der Waals surface area contributed by atoms with Crippen LogP contribution in [0.1, 0.15) is 45.0 Å². The number of rotatable bonds is 3. The Labute approximate surface area is 138 Å². The number of thiophene rings is 2. The predicted molar refractivity (Wildman–Crippen MR) is 91.4 cm³/mol. The van der Waals surface area contributed by atoms with Gasteiger partial charge in [0.2, 0.25) is 0 Å². The molecule has 0 unspecified atom stereocenters. The number of fused-ring (bicyclic) bond motifs is 1. The minimum Gasteiger partial charge on any atom is -0.462 e. The quantitative estimate of drug-likeness (QED) is 0.635.